The number of nitrogen functional groups attached to an aromatic ring is 1. The molecule has 1 aromatic heterocycles. The van der Waals surface area contributed by atoms with Crippen LogP contribution >= 0.6 is 15.9 Å². The SMILES string of the molecule is Cc1ccc(Oc2nc(N)ncc2Br)cc1F. The Labute approximate surface area is 106 Å². The third kappa shape index (κ3) is 2.71. The summed E-state index contributed by atoms with van der Waals surface area (Å²) in [6, 6.07) is 4.58. The summed E-state index contributed by atoms with van der Waals surface area (Å²) in [6.45, 7) is 1.68. The van der Waals surface area contributed by atoms with Crippen LogP contribution in [0, 0.1) is 12.7 Å². The summed E-state index contributed by atoms with van der Waals surface area (Å²) in [5.74, 6) is 0.365. The lowest BCUT2D eigenvalue weighted by Gasteiger charge is -2.07. The number of hydrogen-bond donors (Lipinski definition) is 1. The molecule has 0 fully saturated rings. The van der Waals surface area contributed by atoms with Crippen LogP contribution in [0.5, 0.6) is 11.6 Å². The molecule has 0 spiro atoms. The molecule has 0 saturated heterocycles. The van der Waals surface area contributed by atoms with Crippen molar-refractivity contribution in [2.45, 2.75) is 6.92 Å². The van der Waals surface area contributed by atoms with Gasteiger partial charge in [-0.05, 0) is 34.5 Å². The number of benzene rings is 1. The molecule has 0 bridgehead atoms. The highest BCUT2D eigenvalue weighted by Crippen LogP contribution is 2.28. The van der Waals surface area contributed by atoms with Crippen molar-refractivity contribution in [3.8, 4) is 11.6 Å². The maximum atomic E-state index is 13.3. The van der Waals surface area contributed by atoms with Crippen LogP contribution in [0.3, 0.4) is 0 Å². The van der Waals surface area contributed by atoms with E-state index in [1.165, 1.54) is 12.3 Å². The highest BCUT2D eigenvalue weighted by atomic mass is 79.9. The van der Waals surface area contributed by atoms with Crippen LogP contribution in [-0.4, -0.2) is 9.97 Å². The number of anilines is 1. The number of nitrogens with two attached hydrogens (primary N) is 1. The maximum absolute atomic E-state index is 13.3. The van der Waals surface area contributed by atoms with E-state index in [1.807, 2.05) is 0 Å². The molecular weight excluding hydrogens is 289 g/mol. The molecule has 0 aliphatic heterocycles. The van der Waals surface area contributed by atoms with Crippen molar-refractivity contribution in [1.29, 1.82) is 0 Å². The molecule has 2 rings (SSSR count). The average molecular weight is 298 g/mol. The summed E-state index contributed by atoms with van der Waals surface area (Å²) < 4.78 is 19.3. The summed E-state index contributed by atoms with van der Waals surface area (Å²) in [6.07, 6.45) is 1.47. The highest BCUT2D eigenvalue weighted by molar-refractivity contribution is 9.10. The molecule has 1 heterocycles. The van der Waals surface area contributed by atoms with Gasteiger partial charge >= 0.3 is 0 Å². The summed E-state index contributed by atoms with van der Waals surface area (Å²) >= 11 is 3.22. The Morgan fingerprint density at radius 3 is 2.88 bits per heavy atom. The number of hydrogen-bond acceptors (Lipinski definition) is 4. The lowest BCUT2D eigenvalue weighted by molar-refractivity contribution is 0.454. The Balaban J connectivity index is 2.31. The second kappa shape index (κ2) is 4.67. The molecule has 0 unspecified atom stereocenters. The monoisotopic (exact) mass is 297 g/mol. The third-order valence-electron chi connectivity index (χ3n) is 2.09. The minimum absolute atomic E-state index is 0.0933. The van der Waals surface area contributed by atoms with Crippen LogP contribution in [0.4, 0.5) is 10.3 Å². The second-order valence-electron chi connectivity index (χ2n) is 3.39. The molecule has 2 aromatic rings. The lowest BCUT2D eigenvalue weighted by atomic mass is 10.2. The van der Waals surface area contributed by atoms with Gasteiger partial charge in [-0.3, -0.25) is 0 Å². The molecule has 6 heteroatoms. The molecule has 0 saturated carbocycles. The maximum Gasteiger partial charge on any atom is 0.238 e. The minimum Gasteiger partial charge on any atom is -0.438 e. The Kier molecular flexibility index (Phi) is 3.23. The first-order chi connectivity index (χ1) is 8.06. The van der Waals surface area contributed by atoms with Gasteiger partial charge in [0.15, 0.2) is 0 Å². The van der Waals surface area contributed by atoms with Crippen LogP contribution < -0.4 is 10.5 Å². The van der Waals surface area contributed by atoms with E-state index >= 15 is 0 Å². The van der Waals surface area contributed by atoms with Crippen LogP contribution in [-0.2, 0) is 0 Å². The first-order valence-electron chi connectivity index (χ1n) is 4.78. The molecule has 4 nitrogen and oxygen atoms in total. The molecule has 17 heavy (non-hydrogen) atoms. The molecule has 2 N–H and O–H groups in total. The third-order valence-corrected chi connectivity index (χ3v) is 2.63. The van der Waals surface area contributed by atoms with Crippen molar-refractivity contribution in [3.05, 3.63) is 40.2 Å². The van der Waals surface area contributed by atoms with Crippen molar-refractivity contribution in [2.75, 3.05) is 5.73 Å². The Hall–Kier alpha value is -1.69. The van der Waals surface area contributed by atoms with E-state index in [4.69, 9.17) is 10.5 Å². The fourth-order valence-electron chi connectivity index (χ4n) is 1.18. The van der Waals surface area contributed by atoms with Gasteiger partial charge in [-0.25, -0.2) is 9.37 Å². The van der Waals surface area contributed by atoms with E-state index in [0.29, 0.717) is 15.8 Å². The smallest absolute Gasteiger partial charge is 0.238 e. The Morgan fingerprint density at radius 1 is 1.41 bits per heavy atom. The predicted molar refractivity (Wildman–Crippen MR) is 65.4 cm³/mol. The van der Waals surface area contributed by atoms with Gasteiger partial charge in [0.2, 0.25) is 11.8 Å². The number of aromatic nitrogens is 2. The summed E-state index contributed by atoms with van der Waals surface area (Å²) in [5, 5.41) is 0. The molecule has 0 radical (unpaired) electrons. The van der Waals surface area contributed by atoms with Crippen molar-refractivity contribution in [3.63, 3.8) is 0 Å². The number of halogens is 2. The van der Waals surface area contributed by atoms with Gasteiger partial charge in [-0.2, -0.15) is 4.98 Å². The van der Waals surface area contributed by atoms with E-state index in [1.54, 1.807) is 19.1 Å². The fraction of sp³-hybridized carbons (Fsp3) is 0.0909. The molecule has 0 amide bonds. The Morgan fingerprint density at radius 2 is 2.18 bits per heavy atom. The van der Waals surface area contributed by atoms with Crippen LogP contribution in [0.2, 0.25) is 0 Å². The summed E-state index contributed by atoms with van der Waals surface area (Å²) in [7, 11) is 0. The average Bonchev–Trinajstić information content (AvgIpc) is 2.29. The first-order valence-corrected chi connectivity index (χ1v) is 5.57. The van der Waals surface area contributed by atoms with Gasteiger partial charge in [0.05, 0.1) is 10.7 Å². The van der Waals surface area contributed by atoms with E-state index < -0.39 is 0 Å². The highest BCUT2D eigenvalue weighted by Gasteiger charge is 2.07. The van der Waals surface area contributed by atoms with Gasteiger partial charge in [-0.1, -0.05) is 6.07 Å². The molecule has 0 aliphatic rings. The minimum atomic E-state index is -0.333. The zero-order chi connectivity index (χ0) is 12.4. The number of ether oxygens (including phenoxy) is 1. The molecule has 0 aliphatic carbocycles. The van der Waals surface area contributed by atoms with E-state index in [2.05, 4.69) is 25.9 Å². The number of rotatable bonds is 2. The molecule has 88 valence electrons. The number of aryl methyl sites for hydroxylation is 1. The lowest BCUT2D eigenvalue weighted by Crippen LogP contribution is -1.97. The Bertz CT molecular complexity index is 562. The van der Waals surface area contributed by atoms with Crippen molar-refractivity contribution >= 4 is 21.9 Å². The fourth-order valence-corrected chi connectivity index (χ4v) is 1.46. The van der Waals surface area contributed by atoms with Crippen LogP contribution in [0.25, 0.3) is 0 Å². The first kappa shape index (κ1) is 11.8. The number of nitrogens with zero attached hydrogens (tertiary/aromatic N) is 2. The quantitative estimate of drug-likeness (QED) is 0.925. The standard InChI is InChI=1S/C11H9BrFN3O/c1-6-2-3-7(4-9(6)13)17-10-8(12)5-15-11(14)16-10/h2-5H,1H3,(H2,14,15,16). The topological polar surface area (TPSA) is 61.0 Å². The normalized spacial score (nSPS) is 10.3. The van der Waals surface area contributed by atoms with Crippen molar-refractivity contribution in [1.82, 2.24) is 9.97 Å². The zero-order valence-electron chi connectivity index (χ0n) is 8.95. The van der Waals surface area contributed by atoms with Crippen LogP contribution in [0.1, 0.15) is 5.56 Å². The van der Waals surface area contributed by atoms with Gasteiger partial charge in [0, 0.05) is 6.07 Å². The second-order valence-corrected chi connectivity index (χ2v) is 4.25. The van der Waals surface area contributed by atoms with E-state index in [0.717, 1.165) is 0 Å². The van der Waals surface area contributed by atoms with Crippen molar-refractivity contribution < 1.29 is 9.13 Å². The van der Waals surface area contributed by atoms with Gasteiger partial charge in [0.1, 0.15) is 11.6 Å². The molecule has 0 atom stereocenters. The largest absolute Gasteiger partial charge is 0.438 e. The van der Waals surface area contributed by atoms with E-state index in [-0.39, 0.29) is 17.6 Å². The van der Waals surface area contributed by atoms with Gasteiger partial charge < -0.3 is 10.5 Å². The van der Waals surface area contributed by atoms with Crippen LogP contribution in [0.15, 0.2) is 28.9 Å². The zero-order valence-corrected chi connectivity index (χ0v) is 10.5. The van der Waals surface area contributed by atoms with Gasteiger partial charge in [-0.15, -0.1) is 0 Å². The summed E-state index contributed by atoms with van der Waals surface area (Å²) in [5.41, 5.74) is 5.99. The molecular formula is C11H9BrFN3O. The predicted octanol–water partition coefficient (Wildman–Crippen LogP) is 3.06. The molecule has 1 aromatic carbocycles. The van der Waals surface area contributed by atoms with Crippen molar-refractivity contribution in [2.24, 2.45) is 0 Å². The summed E-state index contributed by atoms with van der Waals surface area (Å²) in [4.78, 5) is 7.67. The van der Waals surface area contributed by atoms with E-state index in [9.17, 15) is 4.39 Å². The van der Waals surface area contributed by atoms with Gasteiger partial charge in [0.25, 0.3) is 0 Å².